The van der Waals surface area contributed by atoms with Crippen molar-refractivity contribution < 1.29 is 0 Å². The lowest BCUT2D eigenvalue weighted by Gasteiger charge is -2.20. The van der Waals surface area contributed by atoms with Crippen LogP contribution in [0.1, 0.15) is 18.4 Å². The molecule has 0 aromatic carbocycles. The van der Waals surface area contributed by atoms with Crippen LogP contribution in [-0.4, -0.2) is 36.1 Å². The number of pyridine rings is 1. The van der Waals surface area contributed by atoms with Gasteiger partial charge in [0.2, 0.25) is 0 Å². The van der Waals surface area contributed by atoms with Crippen LogP contribution >= 0.6 is 24.0 Å². The molecule has 1 atom stereocenters. The van der Waals surface area contributed by atoms with Gasteiger partial charge in [-0.15, -0.1) is 12.4 Å². The average Bonchev–Trinajstić information content (AvgIpc) is 2.74. The summed E-state index contributed by atoms with van der Waals surface area (Å²) in [6, 6.07) is 4.54. The zero-order valence-electron chi connectivity index (χ0n) is 10.0. The van der Waals surface area contributed by atoms with Crippen LogP contribution in [0.3, 0.4) is 0 Å². The zero-order valence-corrected chi connectivity index (χ0v) is 11.6. The summed E-state index contributed by atoms with van der Waals surface area (Å²) in [6.07, 6.45) is 4.45. The van der Waals surface area contributed by atoms with Gasteiger partial charge in [0.05, 0.1) is 0 Å². The van der Waals surface area contributed by atoms with Crippen molar-refractivity contribution in [1.29, 1.82) is 0 Å². The molecule has 96 valence electrons. The Kier molecular flexibility index (Phi) is 6.20. The van der Waals surface area contributed by atoms with Gasteiger partial charge in [-0.05, 0) is 38.1 Å². The molecule has 1 aliphatic heterocycles. The fourth-order valence-electron chi connectivity index (χ4n) is 2.16. The molecule has 1 aliphatic rings. The Hall–Kier alpha value is -0.350. The molecule has 1 unspecified atom stereocenters. The monoisotopic (exact) mass is 275 g/mol. The van der Waals surface area contributed by atoms with Crippen molar-refractivity contribution in [2.24, 2.45) is 0 Å². The van der Waals surface area contributed by atoms with E-state index in [0.717, 1.165) is 13.1 Å². The minimum atomic E-state index is 0. The van der Waals surface area contributed by atoms with Crippen molar-refractivity contribution in [2.45, 2.75) is 25.4 Å². The number of rotatable bonds is 4. The third-order valence-electron chi connectivity index (χ3n) is 2.94. The lowest BCUT2D eigenvalue weighted by Crippen LogP contribution is -2.34. The summed E-state index contributed by atoms with van der Waals surface area (Å²) in [5, 5.41) is 4.06. The number of halogens is 2. The average molecular weight is 276 g/mol. The van der Waals surface area contributed by atoms with Gasteiger partial charge < -0.3 is 10.2 Å². The number of likely N-dealkylation sites (N-methyl/N-ethyl adjacent to an activating group) is 1. The van der Waals surface area contributed by atoms with Crippen molar-refractivity contribution in [3.05, 3.63) is 29.0 Å². The Balaban J connectivity index is 0.00000144. The molecule has 0 amide bonds. The highest BCUT2D eigenvalue weighted by atomic mass is 35.5. The standard InChI is InChI=1S/C12H18ClN3.ClH/c1-16(9-11-3-2-6-14-11)8-10-4-5-12(13)15-7-10;/h4-5,7,11,14H,2-3,6,8-9H2,1H3;1H. The van der Waals surface area contributed by atoms with Crippen LogP contribution in [0.5, 0.6) is 0 Å². The molecule has 1 fully saturated rings. The zero-order chi connectivity index (χ0) is 11.4. The summed E-state index contributed by atoms with van der Waals surface area (Å²) in [5.74, 6) is 0. The molecule has 0 radical (unpaired) electrons. The van der Waals surface area contributed by atoms with Gasteiger partial charge in [-0.1, -0.05) is 17.7 Å². The van der Waals surface area contributed by atoms with Crippen molar-refractivity contribution in [3.63, 3.8) is 0 Å². The first-order valence-electron chi connectivity index (χ1n) is 5.76. The van der Waals surface area contributed by atoms with E-state index < -0.39 is 0 Å². The summed E-state index contributed by atoms with van der Waals surface area (Å²) in [7, 11) is 2.15. The molecule has 2 heterocycles. The molecule has 5 heteroatoms. The van der Waals surface area contributed by atoms with E-state index in [4.69, 9.17) is 11.6 Å². The highest BCUT2D eigenvalue weighted by molar-refractivity contribution is 6.29. The molecule has 0 bridgehead atoms. The molecule has 1 N–H and O–H groups in total. The lowest BCUT2D eigenvalue weighted by molar-refractivity contribution is 0.293. The smallest absolute Gasteiger partial charge is 0.129 e. The Morgan fingerprint density at radius 3 is 2.94 bits per heavy atom. The van der Waals surface area contributed by atoms with Crippen LogP contribution in [0.2, 0.25) is 5.15 Å². The summed E-state index contributed by atoms with van der Waals surface area (Å²) in [4.78, 5) is 6.41. The first kappa shape index (κ1) is 14.7. The second-order valence-electron chi connectivity index (χ2n) is 4.48. The summed E-state index contributed by atoms with van der Waals surface area (Å²) < 4.78 is 0. The molecule has 0 saturated carbocycles. The summed E-state index contributed by atoms with van der Waals surface area (Å²) >= 11 is 5.75. The molecule has 0 aliphatic carbocycles. The molecule has 2 rings (SSSR count). The van der Waals surface area contributed by atoms with E-state index in [-0.39, 0.29) is 12.4 Å². The molecule has 1 saturated heterocycles. The third-order valence-corrected chi connectivity index (χ3v) is 3.16. The van der Waals surface area contributed by atoms with Crippen LogP contribution in [0.4, 0.5) is 0 Å². The van der Waals surface area contributed by atoms with Crippen molar-refractivity contribution in [1.82, 2.24) is 15.2 Å². The van der Waals surface area contributed by atoms with Crippen LogP contribution in [-0.2, 0) is 6.54 Å². The van der Waals surface area contributed by atoms with Gasteiger partial charge in [0.25, 0.3) is 0 Å². The fraction of sp³-hybridized carbons (Fsp3) is 0.583. The van der Waals surface area contributed by atoms with E-state index in [1.54, 1.807) is 0 Å². The van der Waals surface area contributed by atoms with Crippen molar-refractivity contribution in [3.8, 4) is 0 Å². The minimum Gasteiger partial charge on any atom is -0.313 e. The van der Waals surface area contributed by atoms with E-state index in [1.165, 1.54) is 24.9 Å². The van der Waals surface area contributed by atoms with Gasteiger partial charge >= 0.3 is 0 Å². The topological polar surface area (TPSA) is 28.2 Å². The molecule has 1 aromatic heterocycles. The lowest BCUT2D eigenvalue weighted by atomic mass is 10.2. The predicted molar refractivity (Wildman–Crippen MR) is 73.9 cm³/mol. The van der Waals surface area contributed by atoms with E-state index in [0.29, 0.717) is 11.2 Å². The van der Waals surface area contributed by atoms with Crippen LogP contribution in [0.25, 0.3) is 0 Å². The maximum atomic E-state index is 5.75. The normalized spacial score (nSPS) is 19.4. The van der Waals surface area contributed by atoms with E-state index in [9.17, 15) is 0 Å². The molecule has 17 heavy (non-hydrogen) atoms. The van der Waals surface area contributed by atoms with Gasteiger partial charge in [-0.25, -0.2) is 4.98 Å². The van der Waals surface area contributed by atoms with Crippen molar-refractivity contribution >= 4 is 24.0 Å². The fourth-order valence-corrected chi connectivity index (χ4v) is 2.28. The third kappa shape index (κ3) is 4.80. The summed E-state index contributed by atoms with van der Waals surface area (Å²) in [6.45, 7) is 3.20. The van der Waals surface area contributed by atoms with Crippen LogP contribution < -0.4 is 5.32 Å². The van der Waals surface area contributed by atoms with Crippen LogP contribution in [0.15, 0.2) is 18.3 Å². The largest absolute Gasteiger partial charge is 0.313 e. The molecule has 3 nitrogen and oxygen atoms in total. The Labute approximate surface area is 114 Å². The highest BCUT2D eigenvalue weighted by Crippen LogP contribution is 2.10. The van der Waals surface area contributed by atoms with Gasteiger partial charge in [0.1, 0.15) is 5.15 Å². The van der Waals surface area contributed by atoms with E-state index in [1.807, 2.05) is 18.3 Å². The quantitative estimate of drug-likeness (QED) is 0.856. The highest BCUT2D eigenvalue weighted by Gasteiger charge is 2.15. The molecular formula is C12H19Cl2N3. The van der Waals surface area contributed by atoms with Gasteiger partial charge in [0.15, 0.2) is 0 Å². The number of nitrogens with one attached hydrogen (secondary N) is 1. The van der Waals surface area contributed by atoms with Crippen LogP contribution in [0, 0.1) is 0 Å². The van der Waals surface area contributed by atoms with E-state index >= 15 is 0 Å². The number of aromatic nitrogens is 1. The first-order chi connectivity index (χ1) is 7.74. The number of hydrogen-bond acceptors (Lipinski definition) is 3. The van der Waals surface area contributed by atoms with Gasteiger partial charge in [0, 0.05) is 25.3 Å². The van der Waals surface area contributed by atoms with Gasteiger partial charge in [-0.2, -0.15) is 0 Å². The van der Waals surface area contributed by atoms with Crippen molar-refractivity contribution in [2.75, 3.05) is 20.1 Å². The SMILES string of the molecule is CN(Cc1ccc(Cl)nc1)CC1CCCN1.Cl. The first-order valence-corrected chi connectivity index (χ1v) is 6.14. The Bertz CT molecular complexity index is 323. The number of nitrogens with zero attached hydrogens (tertiary/aromatic N) is 2. The maximum Gasteiger partial charge on any atom is 0.129 e. The Morgan fingerprint density at radius 1 is 1.53 bits per heavy atom. The van der Waals surface area contributed by atoms with Gasteiger partial charge in [-0.3, -0.25) is 0 Å². The summed E-state index contributed by atoms with van der Waals surface area (Å²) in [5.41, 5.74) is 1.21. The molecular weight excluding hydrogens is 257 g/mol. The maximum absolute atomic E-state index is 5.75. The van der Waals surface area contributed by atoms with E-state index in [2.05, 4.69) is 22.2 Å². The predicted octanol–water partition coefficient (Wildman–Crippen LogP) is 2.34. The number of hydrogen-bond donors (Lipinski definition) is 1. The second-order valence-corrected chi connectivity index (χ2v) is 4.87. The molecule has 1 aromatic rings. The Morgan fingerprint density at radius 2 is 2.35 bits per heavy atom. The second kappa shape index (κ2) is 7.17. The molecule has 0 spiro atoms. The minimum absolute atomic E-state index is 0.